The number of ether oxygens (including phenoxy) is 1. The van der Waals surface area contributed by atoms with Crippen molar-refractivity contribution < 1.29 is 9.53 Å². The van der Waals surface area contributed by atoms with E-state index in [0.29, 0.717) is 18.7 Å². The molecule has 2 rings (SSSR count). The molecule has 1 aromatic rings. The fourth-order valence-corrected chi connectivity index (χ4v) is 2.68. The van der Waals surface area contributed by atoms with E-state index in [1.807, 2.05) is 18.9 Å². The predicted molar refractivity (Wildman–Crippen MR) is 71.9 cm³/mol. The number of methoxy groups -OCH3 is 1. The molecule has 2 heterocycles. The minimum absolute atomic E-state index is 0.0237. The highest BCUT2D eigenvalue weighted by Gasteiger charge is 2.32. The highest BCUT2D eigenvalue weighted by molar-refractivity contribution is 5.95. The molecule has 19 heavy (non-hydrogen) atoms. The van der Waals surface area contributed by atoms with Crippen molar-refractivity contribution in [1.29, 1.82) is 0 Å². The summed E-state index contributed by atoms with van der Waals surface area (Å²) in [6.07, 6.45) is 3.64. The van der Waals surface area contributed by atoms with E-state index in [1.54, 1.807) is 18.0 Å². The van der Waals surface area contributed by atoms with Crippen LogP contribution in [0.25, 0.3) is 0 Å². The zero-order chi connectivity index (χ0) is 14.0. The number of hydrogen-bond donors (Lipinski definition) is 1. The second-order valence-corrected chi connectivity index (χ2v) is 5.07. The molecule has 1 aliphatic rings. The SMILES string of the molecule is COC1CCN(C(=O)c2cn(C)nc2C)C(CN)C1. The Balaban J connectivity index is 2.16. The lowest BCUT2D eigenvalue weighted by Crippen LogP contribution is -2.51. The summed E-state index contributed by atoms with van der Waals surface area (Å²) in [6.45, 7) is 3.01. The Morgan fingerprint density at radius 3 is 2.89 bits per heavy atom. The number of nitrogens with zero attached hydrogens (tertiary/aromatic N) is 3. The summed E-state index contributed by atoms with van der Waals surface area (Å²) in [5.41, 5.74) is 7.22. The number of aromatic nitrogens is 2. The summed E-state index contributed by atoms with van der Waals surface area (Å²) in [6, 6.07) is 0.0470. The number of piperidine rings is 1. The van der Waals surface area contributed by atoms with Crippen molar-refractivity contribution in [3.63, 3.8) is 0 Å². The van der Waals surface area contributed by atoms with Gasteiger partial charge in [-0.1, -0.05) is 0 Å². The number of amides is 1. The minimum Gasteiger partial charge on any atom is -0.381 e. The van der Waals surface area contributed by atoms with E-state index in [4.69, 9.17) is 10.5 Å². The normalized spacial score (nSPS) is 23.7. The van der Waals surface area contributed by atoms with Gasteiger partial charge in [-0.15, -0.1) is 0 Å². The van der Waals surface area contributed by atoms with E-state index in [9.17, 15) is 4.79 Å². The first-order valence-corrected chi connectivity index (χ1v) is 6.61. The van der Waals surface area contributed by atoms with E-state index in [-0.39, 0.29) is 18.1 Å². The molecule has 2 N–H and O–H groups in total. The van der Waals surface area contributed by atoms with Gasteiger partial charge in [0.1, 0.15) is 0 Å². The molecule has 6 nitrogen and oxygen atoms in total. The molecule has 1 amide bonds. The molecular weight excluding hydrogens is 244 g/mol. The summed E-state index contributed by atoms with van der Waals surface area (Å²) in [4.78, 5) is 14.4. The highest BCUT2D eigenvalue weighted by Crippen LogP contribution is 2.22. The number of carbonyl (C=O) groups is 1. The third-order valence-corrected chi connectivity index (χ3v) is 3.78. The molecule has 1 aliphatic heterocycles. The van der Waals surface area contributed by atoms with Crippen molar-refractivity contribution in [2.24, 2.45) is 12.8 Å². The Labute approximate surface area is 113 Å². The molecule has 2 unspecified atom stereocenters. The van der Waals surface area contributed by atoms with Crippen LogP contribution in [0.3, 0.4) is 0 Å². The van der Waals surface area contributed by atoms with E-state index < -0.39 is 0 Å². The van der Waals surface area contributed by atoms with Crippen molar-refractivity contribution in [3.05, 3.63) is 17.5 Å². The largest absolute Gasteiger partial charge is 0.381 e. The molecule has 2 atom stereocenters. The second kappa shape index (κ2) is 5.71. The van der Waals surface area contributed by atoms with Crippen LogP contribution < -0.4 is 5.73 Å². The zero-order valence-corrected chi connectivity index (χ0v) is 11.8. The van der Waals surface area contributed by atoms with Crippen molar-refractivity contribution >= 4 is 5.91 Å². The summed E-state index contributed by atoms with van der Waals surface area (Å²) < 4.78 is 7.04. The maximum Gasteiger partial charge on any atom is 0.257 e. The zero-order valence-electron chi connectivity index (χ0n) is 11.8. The number of nitrogens with two attached hydrogens (primary N) is 1. The van der Waals surface area contributed by atoms with Crippen molar-refractivity contribution in [3.8, 4) is 0 Å². The van der Waals surface area contributed by atoms with Crippen LogP contribution in [0, 0.1) is 6.92 Å². The molecule has 0 aliphatic carbocycles. The van der Waals surface area contributed by atoms with Gasteiger partial charge in [0.05, 0.1) is 17.4 Å². The molecule has 0 bridgehead atoms. The van der Waals surface area contributed by atoms with Gasteiger partial charge in [-0.2, -0.15) is 5.10 Å². The number of carbonyl (C=O) groups excluding carboxylic acids is 1. The monoisotopic (exact) mass is 266 g/mol. The first-order valence-electron chi connectivity index (χ1n) is 6.61. The Kier molecular flexibility index (Phi) is 4.21. The number of rotatable bonds is 3. The van der Waals surface area contributed by atoms with Crippen LogP contribution in [0.2, 0.25) is 0 Å². The molecular formula is C13H22N4O2. The third-order valence-electron chi connectivity index (χ3n) is 3.78. The van der Waals surface area contributed by atoms with E-state index in [0.717, 1.165) is 18.5 Å². The first-order chi connectivity index (χ1) is 9.06. The summed E-state index contributed by atoms with van der Waals surface area (Å²) >= 11 is 0. The van der Waals surface area contributed by atoms with Gasteiger partial charge >= 0.3 is 0 Å². The van der Waals surface area contributed by atoms with Gasteiger partial charge < -0.3 is 15.4 Å². The Bertz CT molecular complexity index is 457. The topological polar surface area (TPSA) is 73.4 Å². The fourth-order valence-electron chi connectivity index (χ4n) is 2.68. The lowest BCUT2D eigenvalue weighted by atomic mass is 9.98. The van der Waals surface area contributed by atoms with Crippen LogP contribution in [0.5, 0.6) is 0 Å². The lowest BCUT2D eigenvalue weighted by Gasteiger charge is -2.38. The van der Waals surface area contributed by atoms with Gasteiger partial charge in [0.25, 0.3) is 5.91 Å². The standard InChI is InChI=1S/C13H22N4O2/c1-9-12(8-16(2)15-9)13(18)17-5-4-11(19-3)6-10(17)7-14/h8,10-11H,4-7,14H2,1-3H3. The van der Waals surface area contributed by atoms with Crippen LogP contribution in [0.15, 0.2) is 6.20 Å². The Morgan fingerprint density at radius 2 is 2.37 bits per heavy atom. The molecule has 1 fully saturated rings. The van der Waals surface area contributed by atoms with Crippen molar-refractivity contribution in [2.45, 2.75) is 31.9 Å². The lowest BCUT2D eigenvalue weighted by molar-refractivity contribution is 0.0138. The molecule has 1 saturated heterocycles. The van der Waals surface area contributed by atoms with E-state index in [2.05, 4.69) is 5.10 Å². The van der Waals surface area contributed by atoms with Crippen molar-refractivity contribution in [1.82, 2.24) is 14.7 Å². The highest BCUT2D eigenvalue weighted by atomic mass is 16.5. The maximum absolute atomic E-state index is 12.6. The average Bonchev–Trinajstić information content (AvgIpc) is 2.76. The minimum atomic E-state index is 0.0237. The smallest absolute Gasteiger partial charge is 0.257 e. The Morgan fingerprint density at radius 1 is 1.63 bits per heavy atom. The van der Waals surface area contributed by atoms with Gasteiger partial charge in [-0.25, -0.2) is 0 Å². The molecule has 0 radical (unpaired) electrons. The molecule has 0 saturated carbocycles. The average molecular weight is 266 g/mol. The maximum atomic E-state index is 12.6. The predicted octanol–water partition coefficient (Wildman–Crippen LogP) is 0.307. The van der Waals surface area contributed by atoms with Gasteiger partial charge in [0.2, 0.25) is 0 Å². The summed E-state index contributed by atoms with van der Waals surface area (Å²) in [5.74, 6) is 0.0237. The van der Waals surface area contributed by atoms with Gasteiger partial charge in [0.15, 0.2) is 0 Å². The van der Waals surface area contributed by atoms with E-state index in [1.165, 1.54) is 0 Å². The fraction of sp³-hybridized carbons (Fsp3) is 0.692. The third kappa shape index (κ3) is 2.79. The van der Waals surface area contributed by atoms with Crippen LogP contribution in [-0.2, 0) is 11.8 Å². The quantitative estimate of drug-likeness (QED) is 0.854. The summed E-state index contributed by atoms with van der Waals surface area (Å²) in [7, 11) is 3.53. The second-order valence-electron chi connectivity index (χ2n) is 5.07. The van der Waals surface area contributed by atoms with Crippen LogP contribution in [0.4, 0.5) is 0 Å². The molecule has 0 aromatic carbocycles. The van der Waals surface area contributed by atoms with Crippen LogP contribution in [0.1, 0.15) is 28.9 Å². The molecule has 6 heteroatoms. The number of aryl methyl sites for hydroxylation is 2. The van der Waals surface area contributed by atoms with Crippen LogP contribution in [-0.4, -0.2) is 52.9 Å². The van der Waals surface area contributed by atoms with Crippen LogP contribution >= 0.6 is 0 Å². The van der Waals surface area contributed by atoms with Gasteiger partial charge in [-0.05, 0) is 19.8 Å². The number of likely N-dealkylation sites (tertiary alicyclic amines) is 1. The number of hydrogen-bond acceptors (Lipinski definition) is 4. The van der Waals surface area contributed by atoms with E-state index >= 15 is 0 Å². The summed E-state index contributed by atoms with van der Waals surface area (Å²) in [5, 5.41) is 4.22. The first kappa shape index (κ1) is 14.0. The molecule has 1 aromatic heterocycles. The molecule has 0 spiro atoms. The molecule has 106 valence electrons. The Hall–Kier alpha value is -1.40. The van der Waals surface area contributed by atoms with Gasteiger partial charge in [-0.3, -0.25) is 9.48 Å². The van der Waals surface area contributed by atoms with Gasteiger partial charge in [0, 0.05) is 39.5 Å². The van der Waals surface area contributed by atoms with Crippen molar-refractivity contribution in [2.75, 3.05) is 20.2 Å².